The lowest BCUT2D eigenvalue weighted by Crippen LogP contribution is -2.54. The third-order valence-corrected chi connectivity index (χ3v) is 8.59. The van der Waals surface area contributed by atoms with E-state index < -0.39 is 29.7 Å². The Labute approximate surface area is 341 Å². The van der Waals surface area contributed by atoms with Crippen molar-refractivity contribution in [3.63, 3.8) is 0 Å². The highest BCUT2D eigenvalue weighted by molar-refractivity contribution is 6.26. The molecule has 58 heavy (non-hydrogen) atoms. The van der Waals surface area contributed by atoms with E-state index in [1.165, 1.54) is 6.07 Å². The summed E-state index contributed by atoms with van der Waals surface area (Å²) in [6, 6.07) is 3.53. The van der Waals surface area contributed by atoms with Crippen molar-refractivity contribution in [1.29, 1.82) is 0 Å². The highest BCUT2D eigenvalue weighted by Gasteiger charge is 2.45. The first-order valence-electron chi connectivity index (χ1n) is 20.2. The molecule has 1 atom stereocenters. The van der Waals surface area contributed by atoms with Crippen LogP contribution in [0.1, 0.15) is 73.1 Å². The molecule has 0 aromatic heterocycles. The van der Waals surface area contributed by atoms with Crippen LogP contribution in [0.2, 0.25) is 0 Å². The second-order valence-electron chi connectivity index (χ2n) is 13.5. The molecule has 0 aliphatic carbocycles. The summed E-state index contributed by atoms with van der Waals surface area (Å²) in [5.41, 5.74) is 0.383. The lowest BCUT2D eigenvalue weighted by atomic mass is 10.0. The number of carbonyl (C=O) groups is 5. The molecule has 3 rings (SSSR count). The van der Waals surface area contributed by atoms with Crippen molar-refractivity contribution in [3.8, 4) is 0 Å². The zero-order chi connectivity index (χ0) is 41.6. The van der Waals surface area contributed by atoms with Gasteiger partial charge in [0.25, 0.3) is 11.8 Å². The molecule has 0 bridgehead atoms. The molecule has 328 valence electrons. The van der Waals surface area contributed by atoms with E-state index in [2.05, 4.69) is 10.6 Å². The summed E-state index contributed by atoms with van der Waals surface area (Å²) in [7, 11) is 0. The van der Waals surface area contributed by atoms with E-state index >= 15 is 0 Å². The highest BCUT2D eigenvalue weighted by Crippen LogP contribution is 2.32. The molecule has 18 heteroatoms. The van der Waals surface area contributed by atoms with Crippen molar-refractivity contribution < 1.29 is 71.3 Å². The minimum atomic E-state index is -1.07. The van der Waals surface area contributed by atoms with Gasteiger partial charge in [-0.05, 0) is 45.2 Å². The summed E-state index contributed by atoms with van der Waals surface area (Å²) in [5, 5.41) is 4.91. The first kappa shape index (κ1) is 48.9. The van der Waals surface area contributed by atoms with Crippen molar-refractivity contribution in [1.82, 2.24) is 10.2 Å². The van der Waals surface area contributed by atoms with Crippen LogP contribution >= 0.6 is 0 Å². The SMILES string of the molecule is CC(C)OCCOCCOCCOCCOCCOCCOCCOCCOCCOCCCCCC(=O)Nc1cccc2c1C(=O)N(C1CCC(=O)NC1=O)C2=O. The number of imide groups is 2. The molecule has 1 saturated heterocycles. The number of hydrogen-bond donors (Lipinski definition) is 2. The lowest BCUT2D eigenvalue weighted by molar-refractivity contribution is -0.136. The average molecular weight is 826 g/mol. The second-order valence-corrected chi connectivity index (χ2v) is 13.5. The van der Waals surface area contributed by atoms with Crippen molar-refractivity contribution >= 4 is 35.2 Å². The van der Waals surface area contributed by atoms with Gasteiger partial charge in [0.2, 0.25) is 17.7 Å². The van der Waals surface area contributed by atoms with Gasteiger partial charge in [0.05, 0.1) is 142 Å². The maximum Gasteiger partial charge on any atom is 0.264 e. The molecule has 0 saturated carbocycles. The third-order valence-electron chi connectivity index (χ3n) is 8.59. The first-order valence-corrected chi connectivity index (χ1v) is 20.2. The highest BCUT2D eigenvalue weighted by atomic mass is 16.6. The first-order chi connectivity index (χ1) is 28.3. The van der Waals surface area contributed by atoms with E-state index in [4.69, 9.17) is 47.4 Å². The van der Waals surface area contributed by atoms with Gasteiger partial charge in [-0.25, -0.2) is 0 Å². The molecule has 18 nitrogen and oxygen atoms in total. The molecule has 2 aliphatic heterocycles. The fraction of sp³-hybridized carbons (Fsp3) is 0.725. The quantitative estimate of drug-likeness (QED) is 0.0735. The number of carbonyl (C=O) groups excluding carboxylic acids is 5. The molecule has 2 aliphatic rings. The maximum absolute atomic E-state index is 13.2. The van der Waals surface area contributed by atoms with Crippen LogP contribution < -0.4 is 10.6 Å². The molecule has 2 heterocycles. The van der Waals surface area contributed by atoms with Gasteiger partial charge in [0.15, 0.2) is 0 Å². The van der Waals surface area contributed by atoms with Crippen LogP contribution in [0.25, 0.3) is 0 Å². The Morgan fingerprint density at radius 3 is 1.57 bits per heavy atom. The van der Waals surface area contributed by atoms with Crippen LogP contribution in [-0.4, -0.2) is 172 Å². The van der Waals surface area contributed by atoms with E-state index in [0.29, 0.717) is 132 Å². The van der Waals surface area contributed by atoms with Crippen LogP contribution in [-0.2, 0) is 61.8 Å². The van der Waals surface area contributed by atoms with Crippen LogP contribution in [0.3, 0.4) is 0 Å². The molecule has 1 fully saturated rings. The second kappa shape index (κ2) is 30.6. The smallest absolute Gasteiger partial charge is 0.264 e. The minimum Gasteiger partial charge on any atom is -0.379 e. The van der Waals surface area contributed by atoms with Crippen molar-refractivity contribution in [2.24, 2.45) is 0 Å². The minimum absolute atomic E-state index is 0.0286. The van der Waals surface area contributed by atoms with E-state index in [0.717, 1.165) is 17.7 Å². The number of ether oxygens (including phenoxy) is 10. The summed E-state index contributed by atoms with van der Waals surface area (Å²) in [4.78, 5) is 63.5. The van der Waals surface area contributed by atoms with Gasteiger partial charge in [-0.15, -0.1) is 0 Å². The Kier molecular flexibility index (Phi) is 25.8. The van der Waals surface area contributed by atoms with Gasteiger partial charge >= 0.3 is 0 Å². The largest absolute Gasteiger partial charge is 0.379 e. The number of unbranched alkanes of at least 4 members (excludes halogenated alkanes) is 2. The van der Waals surface area contributed by atoms with Gasteiger partial charge in [-0.2, -0.15) is 0 Å². The van der Waals surface area contributed by atoms with Crippen molar-refractivity contribution in [2.75, 3.05) is 131 Å². The Morgan fingerprint density at radius 1 is 0.638 bits per heavy atom. The number of fused-ring (bicyclic) bond motifs is 1. The zero-order valence-corrected chi connectivity index (χ0v) is 34.1. The predicted octanol–water partition coefficient (Wildman–Crippen LogP) is 2.16. The normalized spacial score (nSPS) is 15.4. The number of nitrogens with one attached hydrogen (secondary N) is 2. The molecule has 1 aromatic rings. The topological polar surface area (TPSA) is 205 Å². The third kappa shape index (κ3) is 20.0. The molecule has 1 unspecified atom stereocenters. The van der Waals surface area contributed by atoms with E-state index in [1.807, 2.05) is 13.8 Å². The number of piperidine rings is 1. The van der Waals surface area contributed by atoms with Crippen LogP contribution in [0, 0.1) is 0 Å². The summed E-state index contributed by atoms with van der Waals surface area (Å²) >= 11 is 0. The molecule has 0 spiro atoms. The molecule has 2 N–H and O–H groups in total. The Morgan fingerprint density at radius 2 is 1.10 bits per heavy atom. The number of hydrogen-bond acceptors (Lipinski definition) is 15. The van der Waals surface area contributed by atoms with Gasteiger partial charge < -0.3 is 52.7 Å². The summed E-state index contributed by atoms with van der Waals surface area (Å²) < 4.78 is 54.8. The lowest BCUT2D eigenvalue weighted by Gasteiger charge is -2.27. The predicted molar refractivity (Wildman–Crippen MR) is 209 cm³/mol. The zero-order valence-electron chi connectivity index (χ0n) is 34.1. The van der Waals surface area contributed by atoms with Crippen LogP contribution in [0.5, 0.6) is 0 Å². The fourth-order valence-corrected chi connectivity index (χ4v) is 5.70. The molecular weight excluding hydrogens is 762 g/mol. The summed E-state index contributed by atoms with van der Waals surface area (Å²) in [6.07, 6.45) is 2.67. The molecular formula is C40H63N3O15. The van der Waals surface area contributed by atoms with Gasteiger partial charge in [-0.1, -0.05) is 12.5 Å². The number of amides is 5. The summed E-state index contributed by atoms with van der Waals surface area (Å²) in [5.74, 6) is -2.71. The standard InChI is InChI=1S/C40H63N3O15/c1-31(2)58-30-29-57-28-27-56-26-25-55-24-23-54-22-21-53-20-19-52-18-17-51-16-15-50-14-13-49-12-5-3-4-9-35(44)41-33-8-6-7-32-37(33)40(48)43(39(32)47)34-10-11-36(45)42-38(34)46/h6-8,31,34H,3-5,9-30H2,1-2H3,(H,41,44)(H,42,45,46). The molecule has 0 radical (unpaired) electrons. The van der Waals surface area contributed by atoms with Crippen LogP contribution in [0.4, 0.5) is 5.69 Å². The van der Waals surface area contributed by atoms with E-state index in [9.17, 15) is 24.0 Å². The number of benzene rings is 1. The van der Waals surface area contributed by atoms with Gasteiger partial charge in [-0.3, -0.25) is 34.2 Å². The van der Waals surface area contributed by atoms with E-state index in [1.54, 1.807) is 12.1 Å². The molecule has 1 aromatic carbocycles. The monoisotopic (exact) mass is 825 g/mol. The Hall–Kier alpha value is -3.43. The fourth-order valence-electron chi connectivity index (χ4n) is 5.70. The van der Waals surface area contributed by atoms with Crippen molar-refractivity contribution in [3.05, 3.63) is 29.3 Å². The molecule has 5 amide bonds. The number of anilines is 1. The Balaban J connectivity index is 1.02. The maximum atomic E-state index is 13.2. The number of rotatable bonds is 36. The van der Waals surface area contributed by atoms with Gasteiger partial charge in [0, 0.05) is 19.4 Å². The number of nitrogens with zero attached hydrogens (tertiary/aromatic N) is 1. The summed E-state index contributed by atoms with van der Waals surface area (Å²) in [6.45, 7) is 13.4. The average Bonchev–Trinajstić information content (AvgIpc) is 3.45. The van der Waals surface area contributed by atoms with Crippen molar-refractivity contribution in [2.45, 2.75) is 64.5 Å². The van der Waals surface area contributed by atoms with Gasteiger partial charge in [0.1, 0.15) is 6.04 Å². The van der Waals surface area contributed by atoms with Crippen LogP contribution in [0.15, 0.2) is 18.2 Å². The van der Waals surface area contributed by atoms with E-state index in [-0.39, 0.29) is 48.1 Å². The Bertz CT molecular complexity index is 1360.